The number of aryl methyl sites for hydroxylation is 2. The molecule has 3 aromatic carbocycles. The van der Waals surface area contributed by atoms with Crippen molar-refractivity contribution in [2.75, 3.05) is 5.32 Å². The number of nitrogens with one attached hydrogen (secondary N) is 2. The largest absolute Gasteiger partial charge is 0.353 e. The van der Waals surface area contributed by atoms with Crippen molar-refractivity contribution in [3.63, 3.8) is 0 Å². The van der Waals surface area contributed by atoms with Gasteiger partial charge in [-0.25, -0.2) is 4.98 Å². The summed E-state index contributed by atoms with van der Waals surface area (Å²) in [4.78, 5) is 31.5. The highest BCUT2D eigenvalue weighted by atomic mass is 16.6. The van der Waals surface area contributed by atoms with E-state index in [0.29, 0.717) is 24.9 Å². The van der Waals surface area contributed by atoms with Crippen LogP contribution in [0.25, 0.3) is 33.2 Å². The highest BCUT2D eigenvalue weighted by Gasteiger charge is 2.16. The van der Waals surface area contributed by atoms with Gasteiger partial charge in [-0.1, -0.05) is 42.0 Å². The number of aromatic nitrogens is 2. The lowest BCUT2D eigenvalue weighted by atomic mass is 10.0. The molecule has 0 atom stereocenters. The molecule has 0 radical (unpaired) electrons. The van der Waals surface area contributed by atoms with Crippen LogP contribution in [0.1, 0.15) is 24.0 Å². The Kier molecular flexibility index (Phi) is 5.97. The van der Waals surface area contributed by atoms with E-state index in [0.717, 1.165) is 38.8 Å². The van der Waals surface area contributed by atoms with Crippen LogP contribution in [-0.4, -0.2) is 20.8 Å². The molecule has 0 saturated heterocycles. The molecular formula is C28H24N4O3. The van der Waals surface area contributed by atoms with Gasteiger partial charge >= 0.3 is 0 Å². The molecule has 0 aliphatic carbocycles. The molecule has 0 aliphatic heterocycles. The molecular weight excluding hydrogens is 440 g/mol. The number of nitro groups is 1. The van der Waals surface area contributed by atoms with E-state index in [1.165, 1.54) is 17.7 Å². The fourth-order valence-electron chi connectivity index (χ4n) is 4.39. The van der Waals surface area contributed by atoms with Gasteiger partial charge < -0.3 is 10.3 Å². The van der Waals surface area contributed by atoms with Crippen molar-refractivity contribution in [1.29, 1.82) is 0 Å². The normalized spacial score (nSPS) is 11.1. The first-order chi connectivity index (χ1) is 17.0. The molecule has 2 heterocycles. The summed E-state index contributed by atoms with van der Waals surface area (Å²) in [6.07, 6.45) is 1.61. The average molecular weight is 465 g/mol. The lowest BCUT2D eigenvalue weighted by Gasteiger charge is -2.08. The Hall–Kier alpha value is -4.52. The van der Waals surface area contributed by atoms with E-state index in [1.807, 2.05) is 30.3 Å². The summed E-state index contributed by atoms with van der Waals surface area (Å²) in [6, 6.07) is 24.4. The number of hydrogen-bond donors (Lipinski definition) is 2. The molecule has 5 aromatic rings. The number of non-ortho nitro benzene ring substituents is 1. The number of carbonyl (C=O) groups is 1. The fourth-order valence-corrected chi connectivity index (χ4v) is 4.39. The smallest absolute Gasteiger partial charge is 0.271 e. The predicted octanol–water partition coefficient (Wildman–Crippen LogP) is 6.56. The maximum Gasteiger partial charge on any atom is 0.271 e. The van der Waals surface area contributed by atoms with Crippen LogP contribution >= 0.6 is 0 Å². The molecule has 35 heavy (non-hydrogen) atoms. The third-order valence-corrected chi connectivity index (χ3v) is 6.09. The lowest BCUT2D eigenvalue weighted by Crippen LogP contribution is -2.11. The first kappa shape index (κ1) is 22.3. The summed E-state index contributed by atoms with van der Waals surface area (Å²) in [5, 5.41) is 16.0. The molecule has 2 aromatic heterocycles. The summed E-state index contributed by atoms with van der Waals surface area (Å²) >= 11 is 0. The first-order valence-electron chi connectivity index (χ1n) is 11.5. The number of hydrogen-bond acceptors (Lipinski definition) is 4. The van der Waals surface area contributed by atoms with Gasteiger partial charge in [-0.05, 0) is 55.7 Å². The molecule has 0 saturated carbocycles. The molecule has 0 spiro atoms. The Bertz CT molecular complexity index is 1570. The van der Waals surface area contributed by atoms with Crippen molar-refractivity contribution in [3.05, 3.63) is 100 Å². The van der Waals surface area contributed by atoms with Gasteiger partial charge in [0.05, 0.1) is 21.8 Å². The minimum absolute atomic E-state index is 0.0514. The van der Waals surface area contributed by atoms with Crippen LogP contribution in [0.4, 0.5) is 11.4 Å². The van der Waals surface area contributed by atoms with Crippen molar-refractivity contribution >= 4 is 39.1 Å². The van der Waals surface area contributed by atoms with Crippen molar-refractivity contribution in [2.45, 2.75) is 26.2 Å². The summed E-state index contributed by atoms with van der Waals surface area (Å²) in [5.41, 5.74) is 6.48. The predicted molar refractivity (Wildman–Crippen MR) is 138 cm³/mol. The molecule has 7 nitrogen and oxygen atoms in total. The Morgan fingerprint density at radius 2 is 1.89 bits per heavy atom. The van der Waals surface area contributed by atoms with Gasteiger partial charge in [0, 0.05) is 40.5 Å². The number of anilines is 1. The van der Waals surface area contributed by atoms with Gasteiger partial charge in [0.15, 0.2) is 0 Å². The second kappa shape index (κ2) is 9.38. The zero-order chi connectivity index (χ0) is 24.4. The molecule has 1 amide bonds. The third-order valence-electron chi connectivity index (χ3n) is 6.09. The molecule has 7 heteroatoms. The number of benzene rings is 3. The van der Waals surface area contributed by atoms with Crippen molar-refractivity contribution < 1.29 is 9.72 Å². The number of amides is 1. The van der Waals surface area contributed by atoms with E-state index in [-0.39, 0.29) is 11.6 Å². The first-order valence-corrected chi connectivity index (χ1v) is 11.5. The summed E-state index contributed by atoms with van der Waals surface area (Å²) < 4.78 is 0. The maximum atomic E-state index is 12.5. The summed E-state index contributed by atoms with van der Waals surface area (Å²) in [7, 11) is 0. The molecule has 0 bridgehead atoms. The quantitative estimate of drug-likeness (QED) is 0.210. The highest BCUT2D eigenvalue weighted by molar-refractivity contribution is 5.93. The number of rotatable bonds is 7. The Labute approximate surface area is 202 Å². The van der Waals surface area contributed by atoms with Gasteiger partial charge in [0.1, 0.15) is 0 Å². The van der Waals surface area contributed by atoms with Crippen LogP contribution in [0.15, 0.2) is 78.9 Å². The lowest BCUT2D eigenvalue weighted by molar-refractivity contribution is -0.384. The summed E-state index contributed by atoms with van der Waals surface area (Å²) in [6.45, 7) is 2.07. The second-order valence-electron chi connectivity index (χ2n) is 8.63. The van der Waals surface area contributed by atoms with E-state index >= 15 is 0 Å². The molecule has 5 rings (SSSR count). The van der Waals surface area contributed by atoms with Gasteiger partial charge in [-0.2, -0.15) is 0 Å². The second-order valence-corrected chi connectivity index (χ2v) is 8.63. The van der Waals surface area contributed by atoms with Gasteiger partial charge in [-0.15, -0.1) is 0 Å². The van der Waals surface area contributed by atoms with Crippen LogP contribution in [0.3, 0.4) is 0 Å². The molecule has 174 valence electrons. The zero-order valence-corrected chi connectivity index (χ0v) is 19.2. The van der Waals surface area contributed by atoms with Crippen LogP contribution < -0.4 is 5.32 Å². The molecule has 0 aliphatic rings. The monoisotopic (exact) mass is 464 g/mol. The van der Waals surface area contributed by atoms with Crippen LogP contribution in [-0.2, 0) is 11.2 Å². The molecule has 2 N–H and O–H groups in total. The Morgan fingerprint density at radius 3 is 2.74 bits per heavy atom. The van der Waals surface area contributed by atoms with E-state index in [4.69, 9.17) is 4.98 Å². The van der Waals surface area contributed by atoms with Gasteiger partial charge in [-0.3, -0.25) is 14.9 Å². The SMILES string of the molecule is Cc1ccc2[nH]c(-c3ccc4ccccc4n3)c(CCCC(=O)Nc3cccc([N+](=O)[O-])c3)c2c1. The minimum Gasteiger partial charge on any atom is -0.353 e. The number of para-hydroxylation sites is 1. The van der Waals surface area contributed by atoms with Gasteiger partial charge in [0.25, 0.3) is 5.69 Å². The fraction of sp³-hybridized carbons (Fsp3) is 0.143. The Morgan fingerprint density at radius 1 is 1.03 bits per heavy atom. The zero-order valence-electron chi connectivity index (χ0n) is 19.2. The van der Waals surface area contributed by atoms with E-state index in [2.05, 4.69) is 41.5 Å². The van der Waals surface area contributed by atoms with Crippen LogP contribution in [0.5, 0.6) is 0 Å². The number of H-pyrrole nitrogens is 1. The Balaban J connectivity index is 1.38. The topological polar surface area (TPSA) is 101 Å². The van der Waals surface area contributed by atoms with Crippen molar-refractivity contribution in [2.24, 2.45) is 0 Å². The van der Waals surface area contributed by atoms with Crippen molar-refractivity contribution in [3.8, 4) is 11.4 Å². The number of carbonyl (C=O) groups excluding carboxylic acids is 1. The standard InChI is InChI=1S/C28H24N4O3/c1-18-12-14-25-23(16-18)22(28(31-25)26-15-13-19-6-2-3-10-24(19)30-26)9-5-11-27(33)29-20-7-4-8-21(17-20)32(34)35/h2-4,6-8,10,12-17,31H,5,9,11H2,1H3,(H,29,33). The molecule has 0 unspecified atom stereocenters. The van der Waals surface area contributed by atoms with Crippen LogP contribution in [0.2, 0.25) is 0 Å². The number of nitro benzene ring substituents is 1. The van der Waals surface area contributed by atoms with E-state index in [9.17, 15) is 14.9 Å². The van der Waals surface area contributed by atoms with E-state index < -0.39 is 4.92 Å². The number of nitrogens with zero attached hydrogens (tertiary/aromatic N) is 2. The number of pyridine rings is 1. The highest BCUT2D eigenvalue weighted by Crippen LogP contribution is 2.32. The van der Waals surface area contributed by atoms with Gasteiger partial charge in [0.2, 0.25) is 5.91 Å². The average Bonchev–Trinajstić information content (AvgIpc) is 3.21. The minimum atomic E-state index is -0.475. The summed E-state index contributed by atoms with van der Waals surface area (Å²) in [5.74, 6) is -0.174. The maximum absolute atomic E-state index is 12.5. The number of aromatic amines is 1. The molecule has 0 fully saturated rings. The van der Waals surface area contributed by atoms with E-state index in [1.54, 1.807) is 12.1 Å². The third kappa shape index (κ3) is 4.75. The van der Waals surface area contributed by atoms with Crippen LogP contribution in [0, 0.1) is 17.0 Å². The van der Waals surface area contributed by atoms with Crippen molar-refractivity contribution in [1.82, 2.24) is 9.97 Å². The number of fused-ring (bicyclic) bond motifs is 2.